The lowest BCUT2D eigenvalue weighted by molar-refractivity contribution is -0.120. The number of nitrogens with zero attached hydrogens (tertiary/aromatic N) is 1. The molecule has 1 aromatic heterocycles. The van der Waals surface area contributed by atoms with Crippen LogP contribution in [0, 0.1) is 11.8 Å². The molecule has 1 aromatic carbocycles. The molecule has 5 rings (SSSR count). The monoisotopic (exact) mass is 404 g/mol. The summed E-state index contributed by atoms with van der Waals surface area (Å²) in [6, 6.07) is 8.88. The Morgan fingerprint density at radius 3 is 2.73 bits per heavy atom. The molecule has 4 heteroatoms. The molecule has 4 nitrogen and oxygen atoms in total. The molecule has 1 N–H and O–H groups in total. The Kier molecular flexibility index (Phi) is 5.06. The number of nitrogens with one attached hydrogen (secondary N) is 1. The van der Waals surface area contributed by atoms with Crippen LogP contribution in [0.3, 0.4) is 0 Å². The number of benzene rings is 1. The van der Waals surface area contributed by atoms with Crippen molar-refractivity contribution < 1.29 is 9.53 Å². The quantitative estimate of drug-likeness (QED) is 0.743. The number of methoxy groups -OCH3 is 1. The molecule has 1 aliphatic carbocycles. The number of ether oxygens (including phenoxy) is 1. The first-order valence-electron chi connectivity index (χ1n) is 11.5. The zero-order valence-corrected chi connectivity index (χ0v) is 18.3. The van der Waals surface area contributed by atoms with Crippen molar-refractivity contribution in [3.63, 3.8) is 0 Å². The van der Waals surface area contributed by atoms with Crippen molar-refractivity contribution >= 4 is 22.9 Å². The Labute approximate surface area is 179 Å². The summed E-state index contributed by atoms with van der Waals surface area (Å²) in [6.07, 6.45) is 7.62. The highest BCUT2D eigenvalue weighted by Crippen LogP contribution is 2.49. The van der Waals surface area contributed by atoms with Gasteiger partial charge in [0.25, 0.3) is 0 Å². The fourth-order valence-electron chi connectivity index (χ4n) is 6.01. The Balaban J connectivity index is 1.83. The van der Waals surface area contributed by atoms with Gasteiger partial charge in [-0.2, -0.15) is 0 Å². The van der Waals surface area contributed by atoms with E-state index in [9.17, 15) is 4.79 Å². The normalized spacial score (nSPS) is 26.0. The van der Waals surface area contributed by atoms with Crippen molar-refractivity contribution in [2.24, 2.45) is 11.8 Å². The number of Topliss-reactive ketones (excluding diaryl/α,β-unsaturated/α-hetero) is 1. The first-order chi connectivity index (χ1) is 14.7. The molecule has 3 aliphatic rings. The van der Waals surface area contributed by atoms with Crippen LogP contribution in [0.4, 0.5) is 0 Å². The zero-order valence-electron chi connectivity index (χ0n) is 18.3. The zero-order chi connectivity index (χ0) is 20.8. The van der Waals surface area contributed by atoms with Crippen molar-refractivity contribution in [3.05, 3.63) is 52.4 Å². The SMILES string of the molecule is CCCC1CC(=O)CC(CC)C2=Cn3c4c(c5ccccc53)CCNC4C2=C1OC. The van der Waals surface area contributed by atoms with Gasteiger partial charge in [0.2, 0.25) is 0 Å². The van der Waals surface area contributed by atoms with E-state index in [0.29, 0.717) is 18.6 Å². The Bertz CT molecular complexity index is 1060. The molecule has 158 valence electrons. The third-order valence-corrected chi connectivity index (χ3v) is 7.30. The smallest absolute Gasteiger partial charge is 0.134 e. The van der Waals surface area contributed by atoms with Crippen molar-refractivity contribution in [2.75, 3.05) is 13.7 Å². The number of carbonyl (C=O) groups is 1. The number of aromatic nitrogens is 1. The summed E-state index contributed by atoms with van der Waals surface area (Å²) in [7, 11) is 1.80. The lowest BCUT2D eigenvalue weighted by Gasteiger charge is -2.39. The topological polar surface area (TPSA) is 43.3 Å². The van der Waals surface area contributed by atoms with Gasteiger partial charge in [-0.05, 0) is 42.4 Å². The van der Waals surface area contributed by atoms with Gasteiger partial charge in [-0.25, -0.2) is 0 Å². The Morgan fingerprint density at radius 1 is 1.17 bits per heavy atom. The van der Waals surface area contributed by atoms with Crippen LogP contribution in [-0.2, 0) is 16.0 Å². The molecule has 3 unspecified atom stereocenters. The summed E-state index contributed by atoms with van der Waals surface area (Å²) in [5.74, 6) is 1.82. The average Bonchev–Trinajstić information content (AvgIpc) is 3.08. The van der Waals surface area contributed by atoms with Gasteiger partial charge in [0, 0.05) is 48.2 Å². The highest BCUT2D eigenvalue weighted by molar-refractivity contribution is 5.90. The maximum atomic E-state index is 12.9. The molecule has 0 saturated heterocycles. The summed E-state index contributed by atoms with van der Waals surface area (Å²) in [4.78, 5) is 12.9. The van der Waals surface area contributed by atoms with E-state index in [0.717, 1.165) is 38.0 Å². The predicted octanol–water partition coefficient (Wildman–Crippen LogP) is 5.39. The Morgan fingerprint density at radius 2 is 1.97 bits per heavy atom. The molecule has 0 radical (unpaired) electrons. The third-order valence-electron chi connectivity index (χ3n) is 7.30. The van der Waals surface area contributed by atoms with E-state index in [-0.39, 0.29) is 17.9 Å². The molecule has 2 aliphatic heterocycles. The first kappa shape index (κ1) is 19.6. The minimum Gasteiger partial charge on any atom is -0.500 e. The summed E-state index contributed by atoms with van der Waals surface area (Å²) >= 11 is 0. The summed E-state index contributed by atoms with van der Waals surface area (Å²) in [5.41, 5.74) is 6.71. The minimum absolute atomic E-state index is 0.137. The molecule has 0 fully saturated rings. The number of para-hydroxylation sites is 1. The van der Waals surface area contributed by atoms with Crippen LogP contribution in [0.1, 0.15) is 63.3 Å². The molecular formula is C26H32N2O2. The van der Waals surface area contributed by atoms with Crippen molar-refractivity contribution in [3.8, 4) is 0 Å². The number of carbonyl (C=O) groups excluding carboxylic acids is 1. The largest absolute Gasteiger partial charge is 0.500 e. The number of fused-ring (bicyclic) bond motifs is 5. The predicted molar refractivity (Wildman–Crippen MR) is 121 cm³/mol. The molecular weight excluding hydrogens is 372 g/mol. The van der Waals surface area contributed by atoms with Gasteiger partial charge < -0.3 is 14.6 Å². The summed E-state index contributed by atoms with van der Waals surface area (Å²) < 4.78 is 8.52. The van der Waals surface area contributed by atoms with Gasteiger partial charge in [0.05, 0.1) is 18.7 Å². The molecule has 0 saturated carbocycles. The van der Waals surface area contributed by atoms with Crippen LogP contribution >= 0.6 is 0 Å². The Hall–Kier alpha value is -2.33. The van der Waals surface area contributed by atoms with E-state index in [1.807, 2.05) is 0 Å². The van der Waals surface area contributed by atoms with Crippen LogP contribution < -0.4 is 5.32 Å². The van der Waals surface area contributed by atoms with Gasteiger partial charge in [-0.1, -0.05) is 38.5 Å². The van der Waals surface area contributed by atoms with E-state index in [2.05, 4.69) is 54.2 Å². The van der Waals surface area contributed by atoms with Gasteiger partial charge in [0.15, 0.2) is 0 Å². The molecule has 0 amide bonds. The fourth-order valence-corrected chi connectivity index (χ4v) is 6.01. The highest BCUT2D eigenvalue weighted by atomic mass is 16.5. The summed E-state index contributed by atoms with van der Waals surface area (Å²) in [5, 5.41) is 5.18. The van der Waals surface area contributed by atoms with Crippen LogP contribution in [0.5, 0.6) is 0 Å². The third kappa shape index (κ3) is 2.88. The fraction of sp³-hybridized carbons (Fsp3) is 0.500. The van der Waals surface area contributed by atoms with Gasteiger partial charge in [-0.3, -0.25) is 4.79 Å². The second kappa shape index (κ2) is 7.73. The van der Waals surface area contributed by atoms with Gasteiger partial charge in [0.1, 0.15) is 11.5 Å². The van der Waals surface area contributed by atoms with Crippen molar-refractivity contribution in [2.45, 2.75) is 58.4 Å². The average molecular weight is 405 g/mol. The lowest BCUT2D eigenvalue weighted by Crippen LogP contribution is -2.37. The molecule has 2 aromatic rings. The van der Waals surface area contributed by atoms with E-state index in [1.54, 1.807) is 7.11 Å². The van der Waals surface area contributed by atoms with E-state index < -0.39 is 0 Å². The van der Waals surface area contributed by atoms with E-state index in [1.165, 1.54) is 33.3 Å². The minimum atomic E-state index is 0.137. The highest BCUT2D eigenvalue weighted by Gasteiger charge is 2.41. The van der Waals surface area contributed by atoms with Crippen LogP contribution in [0.15, 0.2) is 41.2 Å². The van der Waals surface area contributed by atoms with Gasteiger partial charge >= 0.3 is 0 Å². The second-order valence-corrected chi connectivity index (χ2v) is 8.99. The molecule has 3 heterocycles. The number of allylic oxidation sites excluding steroid dienone is 1. The number of rotatable bonds is 4. The van der Waals surface area contributed by atoms with E-state index in [4.69, 9.17) is 4.74 Å². The second-order valence-electron chi connectivity index (χ2n) is 8.99. The van der Waals surface area contributed by atoms with Crippen LogP contribution in [0.2, 0.25) is 0 Å². The molecule has 3 atom stereocenters. The standard InChI is InChI=1S/C26H32N2O2/c1-4-8-17-14-18(29)13-16(5-2)21-15-28-22-10-7-6-9-19(22)20-11-12-27-24(25(20)28)23(21)26(17)30-3/h6-7,9-10,15-17,24,27H,4-5,8,11-14H2,1-3H3. The number of ketones is 1. The maximum absolute atomic E-state index is 12.9. The number of hydrogen-bond donors (Lipinski definition) is 1. The maximum Gasteiger partial charge on any atom is 0.134 e. The first-order valence-corrected chi connectivity index (χ1v) is 11.5. The van der Waals surface area contributed by atoms with Crippen molar-refractivity contribution in [1.29, 1.82) is 0 Å². The van der Waals surface area contributed by atoms with Crippen LogP contribution in [0.25, 0.3) is 17.1 Å². The molecule has 0 spiro atoms. The van der Waals surface area contributed by atoms with Gasteiger partial charge in [-0.15, -0.1) is 0 Å². The van der Waals surface area contributed by atoms with Crippen LogP contribution in [-0.4, -0.2) is 24.0 Å². The summed E-state index contributed by atoms with van der Waals surface area (Å²) in [6.45, 7) is 5.37. The van der Waals surface area contributed by atoms with Crippen molar-refractivity contribution in [1.82, 2.24) is 9.88 Å². The molecule has 30 heavy (non-hydrogen) atoms. The lowest BCUT2D eigenvalue weighted by atomic mass is 9.74. The van der Waals surface area contributed by atoms with E-state index >= 15 is 0 Å². The number of hydrogen-bond acceptors (Lipinski definition) is 3. The molecule has 0 bridgehead atoms.